The van der Waals surface area contributed by atoms with Crippen LogP contribution in [0.2, 0.25) is 5.02 Å². The van der Waals surface area contributed by atoms with Crippen LogP contribution < -0.4 is 15.0 Å². The first-order valence-corrected chi connectivity index (χ1v) is 11.7. The number of ether oxygens (including phenoxy) is 1. The summed E-state index contributed by atoms with van der Waals surface area (Å²) in [7, 11) is 0. The zero-order chi connectivity index (χ0) is 23.0. The van der Waals surface area contributed by atoms with Crippen molar-refractivity contribution in [2.75, 3.05) is 18.0 Å². The Bertz CT molecular complexity index is 1060. The standard InChI is InChI=1S/C24H26ClN5O3/c25-20-9-19(4-1-15(20)12-26)33-18-5-2-16(3-6-18)27-23(32)21-7-8-22(29-28-21)30-13-24(14-30)10-17(31)11-24/h1,4,7-9,16-18,31H,2-3,5-6,10-11,13-14H2,(H,27,32). The van der Waals surface area contributed by atoms with Gasteiger partial charge in [0.2, 0.25) is 0 Å². The van der Waals surface area contributed by atoms with E-state index in [0.29, 0.717) is 22.0 Å². The number of aromatic nitrogens is 2. The predicted molar refractivity (Wildman–Crippen MR) is 122 cm³/mol. The van der Waals surface area contributed by atoms with Gasteiger partial charge in [-0.15, -0.1) is 10.2 Å². The summed E-state index contributed by atoms with van der Waals surface area (Å²) in [5.41, 5.74) is 1.00. The molecule has 2 heterocycles. The fourth-order valence-corrected chi connectivity index (χ4v) is 5.39. The highest BCUT2D eigenvalue weighted by atomic mass is 35.5. The van der Waals surface area contributed by atoms with Gasteiger partial charge in [-0.2, -0.15) is 5.26 Å². The predicted octanol–water partition coefficient (Wildman–Crippen LogP) is 3.08. The Morgan fingerprint density at radius 1 is 1.18 bits per heavy atom. The fourth-order valence-electron chi connectivity index (χ4n) is 5.18. The number of nitrogens with zero attached hydrogens (tertiary/aromatic N) is 4. The Labute approximate surface area is 197 Å². The topological polar surface area (TPSA) is 111 Å². The number of carbonyl (C=O) groups is 1. The molecular formula is C24H26ClN5O3. The third-order valence-corrected chi connectivity index (χ3v) is 7.28. The van der Waals surface area contributed by atoms with Crippen LogP contribution in [0.25, 0.3) is 0 Å². The number of hydrogen-bond acceptors (Lipinski definition) is 7. The maximum Gasteiger partial charge on any atom is 0.272 e. The van der Waals surface area contributed by atoms with Crippen LogP contribution in [-0.2, 0) is 0 Å². The molecule has 0 atom stereocenters. The summed E-state index contributed by atoms with van der Waals surface area (Å²) < 4.78 is 6.01. The van der Waals surface area contributed by atoms with Crippen molar-refractivity contribution in [3.63, 3.8) is 0 Å². The lowest BCUT2D eigenvalue weighted by Crippen LogP contribution is -2.64. The Balaban J connectivity index is 1.07. The van der Waals surface area contributed by atoms with Gasteiger partial charge in [0.05, 0.1) is 22.8 Å². The molecule has 2 aliphatic carbocycles. The molecule has 3 aliphatic rings. The van der Waals surface area contributed by atoms with Crippen molar-refractivity contribution in [3.05, 3.63) is 46.6 Å². The molecule has 1 aromatic carbocycles. The van der Waals surface area contributed by atoms with Gasteiger partial charge in [0.25, 0.3) is 5.91 Å². The van der Waals surface area contributed by atoms with E-state index in [0.717, 1.165) is 57.4 Å². The molecule has 1 spiro atoms. The number of aliphatic hydroxyl groups excluding tert-OH is 1. The molecule has 1 amide bonds. The molecule has 0 radical (unpaired) electrons. The third-order valence-electron chi connectivity index (χ3n) is 6.97. The van der Waals surface area contributed by atoms with Crippen molar-refractivity contribution in [2.45, 2.75) is 56.8 Å². The van der Waals surface area contributed by atoms with Crippen molar-refractivity contribution < 1.29 is 14.6 Å². The van der Waals surface area contributed by atoms with E-state index in [9.17, 15) is 9.90 Å². The summed E-state index contributed by atoms with van der Waals surface area (Å²) in [6, 6.07) is 10.8. The first-order valence-electron chi connectivity index (χ1n) is 11.4. The molecule has 5 rings (SSSR count). The Hall–Kier alpha value is -2.89. The fraction of sp³-hybridized carbons (Fsp3) is 0.500. The minimum Gasteiger partial charge on any atom is -0.490 e. The minimum absolute atomic E-state index is 0.0535. The average molecular weight is 468 g/mol. The zero-order valence-corrected chi connectivity index (χ0v) is 19.0. The summed E-state index contributed by atoms with van der Waals surface area (Å²) in [6.07, 6.45) is 4.90. The highest BCUT2D eigenvalue weighted by molar-refractivity contribution is 6.31. The van der Waals surface area contributed by atoms with E-state index in [2.05, 4.69) is 20.4 Å². The molecule has 8 nitrogen and oxygen atoms in total. The van der Waals surface area contributed by atoms with E-state index in [-0.39, 0.29) is 29.6 Å². The number of nitrogens with one attached hydrogen (secondary N) is 1. The number of amides is 1. The van der Waals surface area contributed by atoms with E-state index in [1.165, 1.54) is 0 Å². The molecule has 3 fully saturated rings. The molecule has 172 valence electrons. The number of benzene rings is 1. The summed E-state index contributed by atoms with van der Waals surface area (Å²) in [4.78, 5) is 14.8. The van der Waals surface area contributed by atoms with Gasteiger partial charge in [0, 0.05) is 30.6 Å². The maximum atomic E-state index is 12.6. The highest BCUT2D eigenvalue weighted by Crippen LogP contribution is 2.49. The number of nitriles is 1. The van der Waals surface area contributed by atoms with Gasteiger partial charge in [-0.3, -0.25) is 4.79 Å². The van der Waals surface area contributed by atoms with Gasteiger partial charge in [0.15, 0.2) is 11.5 Å². The van der Waals surface area contributed by atoms with Crippen LogP contribution in [0.15, 0.2) is 30.3 Å². The number of hydrogen-bond donors (Lipinski definition) is 2. The molecule has 1 saturated heterocycles. The molecule has 0 bridgehead atoms. The van der Waals surface area contributed by atoms with Gasteiger partial charge in [-0.05, 0) is 62.8 Å². The minimum atomic E-state index is -0.209. The molecule has 1 aliphatic heterocycles. The summed E-state index contributed by atoms with van der Waals surface area (Å²) in [6.45, 7) is 1.79. The second-order valence-corrected chi connectivity index (χ2v) is 9.92. The lowest BCUT2D eigenvalue weighted by atomic mass is 9.62. The van der Waals surface area contributed by atoms with Crippen molar-refractivity contribution in [2.24, 2.45) is 5.41 Å². The maximum absolute atomic E-state index is 12.6. The van der Waals surface area contributed by atoms with Crippen molar-refractivity contribution >= 4 is 23.3 Å². The van der Waals surface area contributed by atoms with E-state index >= 15 is 0 Å². The Morgan fingerprint density at radius 3 is 2.55 bits per heavy atom. The number of aliphatic hydroxyl groups is 1. The van der Waals surface area contributed by atoms with Crippen molar-refractivity contribution in [3.8, 4) is 11.8 Å². The quantitative estimate of drug-likeness (QED) is 0.694. The third kappa shape index (κ3) is 4.61. The van der Waals surface area contributed by atoms with Crippen molar-refractivity contribution in [1.29, 1.82) is 5.26 Å². The van der Waals surface area contributed by atoms with E-state index < -0.39 is 0 Å². The molecule has 2 saturated carbocycles. The molecule has 1 aromatic heterocycles. The van der Waals surface area contributed by atoms with Crippen LogP contribution in [-0.4, -0.2) is 52.6 Å². The van der Waals surface area contributed by atoms with Crippen LogP contribution in [0.4, 0.5) is 5.82 Å². The highest BCUT2D eigenvalue weighted by Gasteiger charge is 2.52. The molecule has 33 heavy (non-hydrogen) atoms. The second kappa shape index (κ2) is 8.81. The lowest BCUT2D eigenvalue weighted by Gasteiger charge is -2.58. The van der Waals surface area contributed by atoms with E-state index in [1.54, 1.807) is 24.3 Å². The summed E-state index contributed by atoms with van der Waals surface area (Å²) in [5, 5.41) is 30.3. The number of rotatable bonds is 5. The van der Waals surface area contributed by atoms with Gasteiger partial charge >= 0.3 is 0 Å². The largest absolute Gasteiger partial charge is 0.490 e. The van der Waals surface area contributed by atoms with Gasteiger partial charge in [-0.1, -0.05) is 11.6 Å². The summed E-state index contributed by atoms with van der Waals surface area (Å²) in [5.74, 6) is 1.22. The molecule has 2 aromatic rings. The SMILES string of the molecule is N#Cc1ccc(OC2CCC(NC(=O)c3ccc(N4CC5(CC(O)C5)C4)nn3)CC2)cc1Cl. The smallest absolute Gasteiger partial charge is 0.272 e. The van der Waals surface area contributed by atoms with Crippen molar-refractivity contribution in [1.82, 2.24) is 15.5 Å². The first kappa shape index (κ1) is 21.9. The van der Waals surface area contributed by atoms with Gasteiger partial charge in [0.1, 0.15) is 11.8 Å². The monoisotopic (exact) mass is 467 g/mol. The molecule has 2 N–H and O–H groups in total. The van der Waals surface area contributed by atoms with E-state index in [1.807, 2.05) is 12.1 Å². The van der Waals surface area contributed by atoms with E-state index in [4.69, 9.17) is 21.6 Å². The van der Waals surface area contributed by atoms with Crippen LogP contribution >= 0.6 is 11.6 Å². The Kier molecular flexibility index (Phi) is 5.85. The van der Waals surface area contributed by atoms with Gasteiger partial charge < -0.3 is 20.1 Å². The number of anilines is 1. The van der Waals surface area contributed by atoms with Crippen LogP contribution in [0, 0.1) is 16.7 Å². The van der Waals surface area contributed by atoms with Crippen LogP contribution in [0.5, 0.6) is 5.75 Å². The normalized spacial score (nSPS) is 23.8. The number of carbonyl (C=O) groups excluding carboxylic acids is 1. The first-order chi connectivity index (χ1) is 15.9. The zero-order valence-electron chi connectivity index (χ0n) is 18.2. The second-order valence-electron chi connectivity index (χ2n) is 9.51. The summed E-state index contributed by atoms with van der Waals surface area (Å²) >= 11 is 6.08. The number of halogens is 1. The Morgan fingerprint density at radius 2 is 1.94 bits per heavy atom. The molecular weight excluding hydrogens is 442 g/mol. The average Bonchev–Trinajstić information content (AvgIpc) is 2.77. The van der Waals surface area contributed by atoms with Crippen LogP contribution in [0.1, 0.15) is 54.6 Å². The molecule has 0 unspecified atom stereocenters. The van der Waals surface area contributed by atoms with Crippen LogP contribution in [0.3, 0.4) is 0 Å². The lowest BCUT2D eigenvalue weighted by molar-refractivity contribution is -0.0495. The van der Waals surface area contributed by atoms with Gasteiger partial charge in [-0.25, -0.2) is 0 Å². The molecule has 9 heteroatoms.